The van der Waals surface area contributed by atoms with Crippen LogP contribution in [-0.4, -0.2) is 17.5 Å². The lowest BCUT2D eigenvalue weighted by atomic mass is 10.1. The molecule has 0 atom stereocenters. The minimum absolute atomic E-state index is 0.0107. The van der Waals surface area contributed by atoms with E-state index in [-0.39, 0.29) is 11.7 Å². The molecule has 2 N–H and O–H groups in total. The Balaban J connectivity index is 3.09. The van der Waals surface area contributed by atoms with Crippen LogP contribution < -0.4 is 5.73 Å². The number of hydrogen-bond acceptors (Lipinski definition) is 2. The lowest BCUT2D eigenvalue weighted by Gasteiger charge is -2.02. The van der Waals surface area contributed by atoms with Crippen molar-refractivity contribution in [3.8, 4) is 0 Å². The second kappa shape index (κ2) is 5.28. The number of aliphatic imine (C=N–C) groups is 1. The zero-order chi connectivity index (χ0) is 11.4. The van der Waals surface area contributed by atoms with Crippen LogP contribution in [0.25, 0.3) is 0 Å². The van der Waals surface area contributed by atoms with Crippen LogP contribution in [-0.2, 0) is 0 Å². The monoisotopic (exact) mass is 288 g/mol. The summed E-state index contributed by atoms with van der Waals surface area (Å²) >= 11 is 8.83. The predicted molar refractivity (Wildman–Crippen MR) is 66.1 cm³/mol. The van der Waals surface area contributed by atoms with Gasteiger partial charge in [0.15, 0.2) is 5.78 Å². The van der Waals surface area contributed by atoms with Crippen molar-refractivity contribution < 1.29 is 4.79 Å². The van der Waals surface area contributed by atoms with Crippen LogP contribution in [0.2, 0.25) is 0 Å². The average Bonchev–Trinajstić information content (AvgIpc) is 2.20. The molecule has 0 heterocycles. The molecule has 80 valence electrons. The van der Waals surface area contributed by atoms with Gasteiger partial charge < -0.3 is 5.73 Å². The zero-order valence-corrected chi connectivity index (χ0v) is 10.5. The number of ketones is 1. The van der Waals surface area contributed by atoms with Gasteiger partial charge in [-0.05, 0) is 41.1 Å². The summed E-state index contributed by atoms with van der Waals surface area (Å²) < 4.78 is 0.725. The number of rotatable bonds is 3. The van der Waals surface area contributed by atoms with Crippen LogP contribution in [0.4, 0.5) is 5.69 Å². The van der Waals surface area contributed by atoms with Crippen molar-refractivity contribution >= 4 is 44.8 Å². The Morgan fingerprint density at radius 2 is 2.27 bits per heavy atom. The van der Waals surface area contributed by atoms with E-state index < -0.39 is 0 Å². The van der Waals surface area contributed by atoms with E-state index >= 15 is 0 Å². The molecule has 0 aliphatic heterocycles. The van der Waals surface area contributed by atoms with Crippen LogP contribution in [0.15, 0.2) is 27.7 Å². The Hall–Kier alpha value is -0.870. The number of benzene rings is 1. The molecule has 1 aromatic carbocycles. The molecule has 0 amide bonds. The van der Waals surface area contributed by atoms with Crippen LogP contribution in [0.1, 0.15) is 17.3 Å². The third kappa shape index (κ3) is 3.32. The largest absolute Gasteiger partial charge is 0.386 e. The number of hydrogen-bond donors (Lipinski definition) is 1. The highest BCUT2D eigenvalue weighted by Crippen LogP contribution is 2.26. The van der Waals surface area contributed by atoms with E-state index in [9.17, 15) is 4.79 Å². The van der Waals surface area contributed by atoms with Crippen molar-refractivity contribution in [1.29, 1.82) is 0 Å². The molecule has 0 aromatic heterocycles. The van der Waals surface area contributed by atoms with Gasteiger partial charge in [0.25, 0.3) is 0 Å². The quantitative estimate of drug-likeness (QED) is 0.402. The van der Waals surface area contributed by atoms with E-state index in [2.05, 4.69) is 20.9 Å². The highest BCUT2D eigenvalue weighted by Gasteiger charge is 2.04. The first-order chi connectivity index (χ1) is 7.04. The van der Waals surface area contributed by atoms with E-state index in [1.807, 2.05) is 0 Å². The Kier molecular flexibility index (Phi) is 4.29. The number of amidine groups is 1. The van der Waals surface area contributed by atoms with Gasteiger partial charge in [-0.1, -0.05) is 0 Å². The normalized spacial score (nSPS) is 11.5. The number of alkyl halides is 1. The third-order valence-corrected chi connectivity index (χ3v) is 2.66. The highest BCUT2D eigenvalue weighted by molar-refractivity contribution is 9.10. The molecule has 0 saturated heterocycles. The number of Topliss-reactive ketones (excluding diaryl/α,β-unsaturated/α-hetero) is 1. The zero-order valence-electron chi connectivity index (χ0n) is 8.13. The van der Waals surface area contributed by atoms with Crippen LogP contribution in [0.3, 0.4) is 0 Å². The van der Waals surface area contributed by atoms with Crippen molar-refractivity contribution in [3.05, 3.63) is 28.2 Å². The Bertz CT molecular complexity index is 418. The van der Waals surface area contributed by atoms with Crippen molar-refractivity contribution in [2.45, 2.75) is 6.92 Å². The summed E-state index contributed by atoms with van der Waals surface area (Å²) in [5, 5.41) is 0. The molecule has 1 aromatic rings. The molecule has 0 saturated carbocycles. The van der Waals surface area contributed by atoms with Gasteiger partial charge in [0.05, 0.1) is 11.6 Å². The highest BCUT2D eigenvalue weighted by atomic mass is 79.9. The lowest BCUT2D eigenvalue weighted by Crippen LogP contribution is -2.12. The molecule has 5 heteroatoms. The van der Waals surface area contributed by atoms with Crippen LogP contribution in [0, 0.1) is 0 Å². The Morgan fingerprint density at radius 1 is 1.60 bits per heavy atom. The summed E-state index contributed by atoms with van der Waals surface area (Å²) in [4.78, 5) is 15.2. The predicted octanol–water partition coefficient (Wildman–Crippen LogP) is 2.88. The number of carbonyl (C=O) groups is 1. The first kappa shape index (κ1) is 12.2. The lowest BCUT2D eigenvalue weighted by molar-refractivity contribution is 0.101. The Morgan fingerprint density at radius 3 is 2.73 bits per heavy atom. The smallest absolute Gasteiger partial charge is 0.159 e. The average molecular weight is 290 g/mol. The van der Waals surface area contributed by atoms with Gasteiger partial charge in [-0.3, -0.25) is 4.79 Å². The van der Waals surface area contributed by atoms with Crippen LogP contribution >= 0.6 is 27.5 Å². The fourth-order valence-corrected chi connectivity index (χ4v) is 1.53. The minimum Gasteiger partial charge on any atom is -0.386 e. The molecule has 0 bridgehead atoms. The van der Waals surface area contributed by atoms with Gasteiger partial charge >= 0.3 is 0 Å². The second-order valence-electron chi connectivity index (χ2n) is 2.96. The fraction of sp³-hybridized carbons (Fsp3) is 0.200. The van der Waals surface area contributed by atoms with E-state index in [0.717, 1.165) is 4.47 Å². The van der Waals surface area contributed by atoms with E-state index in [1.54, 1.807) is 18.2 Å². The van der Waals surface area contributed by atoms with Gasteiger partial charge in [-0.15, -0.1) is 11.6 Å². The standard InChI is InChI=1S/C10H10BrClN2O/c1-6(15)7-2-3-9(8(11)4-7)14-10(13)5-12/h2-4H,5H2,1H3,(H2,13,14). The molecular weight excluding hydrogens is 279 g/mol. The molecule has 3 nitrogen and oxygen atoms in total. The number of halogens is 2. The third-order valence-electron chi connectivity index (χ3n) is 1.76. The maximum atomic E-state index is 11.1. The molecular formula is C10H10BrClN2O. The van der Waals surface area contributed by atoms with Crippen molar-refractivity contribution in [2.75, 3.05) is 5.88 Å². The number of carbonyl (C=O) groups excluding carboxylic acids is 1. The molecule has 0 fully saturated rings. The SMILES string of the molecule is CC(=O)c1ccc(N=C(N)CCl)c(Br)c1. The van der Waals surface area contributed by atoms with E-state index in [4.69, 9.17) is 17.3 Å². The van der Waals surface area contributed by atoms with Crippen molar-refractivity contribution in [3.63, 3.8) is 0 Å². The number of nitrogens with zero attached hydrogens (tertiary/aromatic N) is 1. The summed E-state index contributed by atoms with van der Waals surface area (Å²) in [6.45, 7) is 1.51. The molecule has 0 aliphatic rings. The van der Waals surface area contributed by atoms with Crippen molar-refractivity contribution in [1.82, 2.24) is 0 Å². The Labute approximate surface area is 101 Å². The summed E-state index contributed by atoms with van der Waals surface area (Å²) in [7, 11) is 0. The second-order valence-corrected chi connectivity index (χ2v) is 4.08. The van der Waals surface area contributed by atoms with E-state index in [0.29, 0.717) is 17.1 Å². The summed E-state index contributed by atoms with van der Waals surface area (Å²) in [5.74, 6) is 0.533. The molecule has 1 rings (SSSR count). The topological polar surface area (TPSA) is 55.5 Å². The molecule has 0 spiro atoms. The summed E-state index contributed by atoms with van der Waals surface area (Å²) in [5.41, 5.74) is 6.80. The minimum atomic E-state index is 0.0107. The fourth-order valence-electron chi connectivity index (χ4n) is 1.00. The van der Waals surface area contributed by atoms with Crippen LogP contribution in [0.5, 0.6) is 0 Å². The first-order valence-corrected chi connectivity index (χ1v) is 5.57. The summed E-state index contributed by atoms with van der Waals surface area (Å²) in [6, 6.07) is 5.14. The first-order valence-electron chi connectivity index (χ1n) is 4.24. The van der Waals surface area contributed by atoms with E-state index in [1.165, 1.54) is 6.92 Å². The van der Waals surface area contributed by atoms with Gasteiger partial charge in [-0.25, -0.2) is 4.99 Å². The molecule has 0 aliphatic carbocycles. The maximum absolute atomic E-state index is 11.1. The van der Waals surface area contributed by atoms with Gasteiger partial charge in [0, 0.05) is 10.0 Å². The summed E-state index contributed by atoms with van der Waals surface area (Å²) in [6.07, 6.45) is 0. The van der Waals surface area contributed by atoms with Gasteiger partial charge in [-0.2, -0.15) is 0 Å². The molecule has 0 unspecified atom stereocenters. The van der Waals surface area contributed by atoms with Gasteiger partial charge in [0.2, 0.25) is 0 Å². The van der Waals surface area contributed by atoms with Crippen molar-refractivity contribution in [2.24, 2.45) is 10.7 Å². The number of nitrogens with two attached hydrogens (primary N) is 1. The molecule has 0 radical (unpaired) electrons. The van der Waals surface area contributed by atoms with Gasteiger partial charge in [0.1, 0.15) is 5.84 Å². The molecule has 15 heavy (non-hydrogen) atoms. The maximum Gasteiger partial charge on any atom is 0.159 e.